The van der Waals surface area contributed by atoms with Gasteiger partial charge in [-0.1, -0.05) is 12.1 Å². The van der Waals surface area contributed by atoms with Gasteiger partial charge in [-0.25, -0.2) is 9.59 Å². The molecule has 0 fully saturated rings. The van der Waals surface area contributed by atoms with Crippen LogP contribution in [0.4, 0.5) is 0 Å². The summed E-state index contributed by atoms with van der Waals surface area (Å²) in [5, 5.41) is 17.1. The Kier molecular flexibility index (Phi) is 7.03. The number of hydrogen-bond acceptors (Lipinski definition) is 2. The molecule has 0 aliphatic carbocycles. The number of aromatic carboxylic acids is 2. The molecule has 4 nitrogen and oxygen atoms in total. The van der Waals surface area contributed by atoms with Crippen molar-refractivity contribution in [1.29, 1.82) is 0 Å². The van der Waals surface area contributed by atoms with Crippen LogP contribution in [0.15, 0.2) is 24.3 Å². The van der Waals surface area contributed by atoms with Gasteiger partial charge in [0, 0.05) is 0 Å². The molecule has 2 N–H and O–H groups in total. The molecule has 0 bridgehead atoms. The predicted octanol–water partition coefficient (Wildman–Crippen LogP) is 1.68. The number of rotatable bonds is 2. The molecule has 0 radical (unpaired) electrons. The first-order chi connectivity index (χ1) is 7.04. The van der Waals surface area contributed by atoms with E-state index in [0.717, 1.165) is 0 Å². The van der Waals surface area contributed by atoms with E-state index >= 15 is 0 Å². The Morgan fingerprint density at radius 2 is 1.40 bits per heavy atom. The van der Waals surface area contributed by atoms with Crippen molar-refractivity contribution in [2.75, 3.05) is 0 Å². The number of carbonyl (C=O) groups is 2. The first-order valence-electron chi connectivity index (χ1n) is 4.60. The van der Waals surface area contributed by atoms with Gasteiger partial charge < -0.3 is 10.2 Å². The second-order valence-electron chi connectivity index (χ2n) is 2.86. The largest absolute Gasteiger partial charge is 0.478 e. The fourth-order valence-corrected chi connectivity index (χ4v) is 0.856. The van der Waals surface area contributed by atoms with Crippen molar-refractivity contribution in [3.8, 4) is 0 Å². The molecule has 1 aromatic carbocycles. The van der Waals surface area contributed by atoms with Crippen LogP contribution in [-0.4, -0.2) is 50.1 Å². The minimum absolute atomic E-state index is 0.190. The maximum absolute atomic E-state index is 10.5. The average Bonchev–Trinajstić information content (AvgIpc) is 2.19. The molecule has 0 aliphatic rings. The van der Waals surface area contributed by atoms with Crippen molar-refractivity contribution in [2.45, 2.75) is 10.6 Å². The monoisotopic (exact) mass is 218 g/mol. The minimum atomic E-state index is -1.23. The summed E-state index contributed by atoms with van der Waals surface area (Å²) in [5.74, 6) is -2.46. The summed E-state index contributed by atoms with van der Waals surface area (Å²) in [6.45, 7) is 2.19. The third-order valence-corrected chi connectivity index (χ3v) is 1.39. The molecule has 0 atom stereocenters. The second kappa shape index (κ2) is 7.45. The van der Waals surface area contributed by atoms with Gasteiger partial charge in [0.2, 0.25) is 0 Å². The summed E-state index contributed by atoms with van der Waals surface area (Å²) in [7, 11) is 0. The van der Waals surface area contributed by atoms with E-state index < -0.39 is 11.9 Å². The molecule has 0 spiro atoms. The van der Waals surface area contributed by atoms with Crippen molar-refractivity contribution < 1.29 is 19.8 Å². The summed E-state index contributed by atoms with van der Waals surface area (Å²) < 4.78 is 1.39. The van der Waals surface area contributed by atoms with E-state index in [2.05, 4.69) is 6.92 Å². The fourth-order valence-electron chi connectivity index (χ4n) is 0.856. The molecule has 15 heavy (non-hydrogen) atoms. The molecular weight excluding hydrogens is 207 g/mol. The number of carboxylic acid groups (broad SMARTS) is 2. The summed E-state index contributed by atoms with van der Waals surface area (Å²) in [4.78, 5) is 20.9. The van der Waals surface area contributed by atoms with Gasteiger partial charge in [0.05, 0.1) is 11.1 Å². The number of benzene rings is 1. The van der Waals surface area contributed by atoms with Crippen molar-refractivity contribution in [3.63, 3.8) is 0 Å². The van der Waals surface area contributed by atoms with Crippen molar-refractivity contribution in [2.24, 2.45) is 0 Å². The molecule has 0 unspecified atom stereocenters. The summed E-state index contributed by atoms with van der Waals surface area (Å²) >= 11 is 1.37. The minimum Gasteiger partial charge on any atom is -0.478 e. The Balaban J connectivity index is 0.000000583. The van der Waals surface area contributed by atoms with E-state index in [1.54, 1.807) is 0 Å². The van der Waals surface area contributed by atoms with Crippen molar-refractivity contribution in [1.82, 2.24) is 0 Å². The SMILES string of the molecule is C[CH2][Na].O=C(O)c1ccccc1C(=O)O. The Morgan fingerprint density at radius 3 is 1.60 bits per heavy atom. The van der Waals surface area contributed by atoms with E-state index in [4.69, 9.17) is 10.2 Å². The zero-order valence-corrected chi connectivity index (χ0v) is 10.7. The van der Waals surface area contributed by atoms with E-state index in [1.165, 1.54) is 55.9 Å². The van der Waals surface area contributed by atoms with Gasteiger partial charge in [0.25, 0.3) is 0 Å². The molecule has 1 aromatic rings. The van der Waals surface area contributed by atoms with Gasteiger partial charge in [0.15, 0.2) is 0 Å². The topological polar surface area (TPSA) is 74.6 Å². The van der Waals surface area contributed by atoms with Crippen LogP contribution in [0.2, 0.25) is 3.67 Å². The average molecular weight is 218 g/mol. The molecule has 0 amide bonds. The van der Waals surface area contributed by atoms with Gasteiger partial charge in [-0.3, -0.25) is 0 Å². The van der Waals surface area contributed by atoms with Crippen molar-refractivity contribution >= 4 is 39.9 Å². The summed E-state index contributed by atoms with van der Waals surface area (Å²) in [6.07, 6.45) is 0. The molecule has 1 rings (SSSR count). The molecule has 0 heterocycles. The van der Waals surface area contributed by atoms with Gasteiger partial charge in [-0.15, -0.1) is 0 Å². The van der Waals surface area contributed by atoms with Crippen LogP contribution >= 0.6 is 0 Å². The predicted molar refractivity (Wildman–Crippen MR) is 56.6 cm³/mol. The molecule has 5 heteroatoms. The van der Waals surface area contributed by atoms with Crippen LogP contribution < -0.4 is 0 Å². The molecule has 76 valence electrons. The van der Waals surface area contributed by atoms with Gasteiger partial charge in [-0.2, -0.15) is 0 Å². The Morgan fingerprint density at radius 1 is 1.13 bits per heavy atom. The Hall–Kier alpha value is -0.840. The Bertz CT molecular complexity index is 316. The van der Waals surface area contributed by atoms with Crippen LogP contribution in [0.25, 0.3) is 0 Å². The van der Waals surface area contributed by atoms with Gasteiger partial charge in [0.1, 0.15) is 0 Å². The van der Waals surface area contributed by atoms with E-state index in [1.807, 2.05) is 0 Å². The third-order valence-electron chi connectivity index (χ3n) is 1.39. The molecular formula is C10H11NaO4. The second-order valence-corrected chi connectivity index (χ2v) is 4.28. The molecule has 0 saturated carbocycles. The first kappa shape index (κ1) is 14.2. The molecule has 0 aliphatic heterocycles. The standard InChI is InChI=1S/C8H6O4.C2H5.Na/c9-7(10)5-3-1-2-4-6(5)8(11)12;1-2;/h1-4H,(H,9,10)(H,11,12);1H2,2H3;. The number of carboxylic acids is 2. The van der Waals surface area contributed by atoms with Crippen LogP contribution in [0, 0.1) is 0 Å². The van der Waals surface area contributed by atoms with E-state index in [0.29, 0.717) is 0 Å². The van der Waals surface area contributed by atoms with E-state index in [9.17, 15) is 9.59 Å². The van der Waals surface area contributed by atoms with Gasteiger partial charge >= 0.3 is 50.5 Å². The van der Waals surface area contributed by atoms with Crippen LogP contribution in [0.1, 0.15) is 27.6 Å². The number of hydrogen-bond donors (Lipinski definition) is 2. The smallest absolute Gasteiger partial charge is 0.336 e. The normalized spacial score (nSPS) is 8.73. The first-order valence-corrected chi connectivity index (χ1v) is 6.01. The molecule has 0 saturated heterocycles. The zero-order chi connectivity index (χ0) is 11.8. The third kappa shape index (κ3) is 4.97. The van der Waals surface area contributed by atoms with Crippen LogP contribution in [0.5, 0.6) is 0 Å². The maximum Gasteiger partial charge on any atom is 0.336 e. The quantitative estimate of drug-likeness (QED) is 0.740. The van der Waals surface area contributed by atoms with Crippen LogP contribution in [-0.2, 0) is 0 Å². The summed E-state index contributed by atoms with van der Waals surface area (Å²) in [5.41, 5.74) is -0.380. The van der Waals surface area contributed by atoms with Crippen LogP contribution in [0.3, 0.4) is 0 Å². The molecule has 0 aromatic heterocycles. The van der Waals surface area contributed by atoms with E-state index in [-0.39, 0.29) is 11.1 Å². The summed E-state index contributed by atoms with van der Waals surface area (Å²) in [6, 6.07) is 5.48. The van der Waals surface area contributed by atoms with Crippen molar-refractivity contribution in [3.05, 3.63) is 35.4 Å². The van der Waals surface area contributed by atoms with Gasteiger partial charge in [-0.05, 0) is 12.1 Å². The Labute approximate surface area is 105 Å². The fraction of sp³-hybridized carbons (Fsp3) is 0.200. The maximum atomic E-state index is 10.5. The zero-order valence-electron chi connectivity index (χ0n) is 8.73.